The average Bonchev–Trinajstić information content (AvgIpc) is 3.60. The minimum atomic E-state index is -0.626. The SMILES string of the molecule is [2H]c1c([2H])c([2H])c(-c2c([2H])c([2H])c(N(c3ccccc3-c3ccc4oc5c6ccccc6ccc5c4c3)c3cccc4ccccc34)c([2H])c2[2H])c([2H])c1[2H]. The lowest BCUT2D eigenvalue weighted by molar-refractivity contribution is 0.672. The van der Waals surface area contributed by atoms with Crippen molar-refractivity contribution in [2.75, 3.05) is 4.90 Å². The quantitative estimate of drug-likeness (QED) is 0.196. The van der Waals surface area contributed by atoms with Crippen molar-refractivity contribution in [1.82, 2.24) is 0 Å². The maximum Gasteiger partial charge on any atom is 0.143 e. The zero-order chi connectivity index (χ0) is 38.3. The fourth-order valence-electron chi connectivity index (χ4n) is 6.28. The molecule has 0 atom stereocenters. The third-order valence-corrected chi connectivity index (χ3v) is 8.41. The van der Waals surface area contributed by atoms with E-state index in [0.717, 1.165) is 54.6 Å². The summed E-state index contributed by atoms with van der Waals surface area (Å²) in [5.41, 5.74) is 3.45. The summed E-state index contributed by atoms with van der Waals surface area (Å²) in [6.45, 7) is 0. The summed E-state index contributed by atoms with van der Waals surface area (Å²) in [6, 6.07) is 34.1. The number of para-hydroxylation sites is 1. The predicted octanol–water partition coefficient (Wildman–Crippen LogP) is 12.7. The van der Waals surface area contributed by atoms with Crippen LogP contribution in [0.1, 0.15) is 12.3 Å². The van der Waals surface area contributed by atoms with Crippen LogP contribution in [0.5, 0.6) is 0 Å². The van der Waals surface area contributed by atoms with Crippen molar-refractivity contribution in [3.63, 3.8) is 0 Å². The molecule has 0 radical (unpaired) electrons. The largest absolute Gasteiger partial charge is 0.455 e. The number of rotatable bonds is 5. The van der Waals surface area contributed by atoms with E-state index in [1.54, 1.807) is 4.90 Å². The molecule has 0 spiro atoms. The summed E-state index contributed by atoms with van der Waals surface area (Å²) in [6.07, 6.45) is 0. The molecule has 9 aromatic rings. The first-order valence-corrected chi connectivity index (χ1v) is 15.0. The van der Waals surface area contributed by atoms with E-state index in [9.17, 15) is 5.48 Å². The van der Waals surface area contributed by atoms with Gasteiger partial charge in [0.2, 0.25) is 0 Å². The minimum Gasteiger partial charge on any atom is -0.455 e. The number of nitrogens with zero attached hydrogens (tertiary/aromatic N) is 1. The van der Waals surface area contributed by atoms with Crippen LogP contribution in [0.25, 0.3) is 65.7 Å². The third-order valence-electron chi connectivity index (χ3n) is 8.41. The summed E-state index contributed by atoms with van der Waals surface area (Å²) < 4.78 is 85.5. The van der Waals surface area contributed by atoms with Crippen molar-refractivity contribution >= 4 is 60.5 Å². The van der Waals surface area contributed by atoms with E-state index in [-0.39, 0.29) is 16.8 Å². The molecule has 1 heterocycles. The molecule has 2 nitrogen and oxygen atoms in total. The van der Waals surface area contributed by atoms with Crippen LogP contribution in [-0.2, 0) is 0 Å². The topological polar surface area (TPSA) is 16.4 Å². The van der Waals surface area contributed by atoms with E-state index in [4.69, 9.17) is 11.3 Å². The molecule has 0 amide bonds. The van der Waals surface area contributed by atoms with Crippen LogP contribution in [0.4, 0.5) is 17.1 Å². The molecular weight excluding hydrogens is 558 g/mol. The summed E-state index contributed by atoms with van der Waals surface area (Å²) in [5, 5.41) is 5.65. The highest BCUT2D eigenvalue weighted by Crippen LogP contribution is 2.45. The maximum atomic E-state index is 9.47. The van der Waals surface area contributed by atoms with Gasteiger partial charge in [-0.3, -0.25) is 0 Å². The minimum absolute atomic E-state index is 0.0590. The Bertz CT molecular complexity index is 3000. The number of fused-ring (bicyclic) bond motifs is 6. The van der Waals surface area contributed by atoms with Gasteiger partial charge in [-0.2, -0.15) is 0 Å². The number of hydrogen-bond acceptors (Lipinski definition) is 2. The summed E-state index contributed by atoms with van der Waals surface area (Å²) in [5.74, 6) is 0. The zero-order valence-corrected chi connectivity index (χ0v) is 24.4. The highest BCUT2D eigenvalue weighted by Gasteiger charge is 2.20. The third kappa shape index (κ3) is 4.35. The normalized spacial score (nSPS) is 14.2. The Morgan fingerprint density at radius 1 is 0.457 bits per heavy atom. The molecule has 0 unspecified atom stereocenters. The molecule has 0 saturated carbocycles. The summed E-state index contributed by atoms with van der Waals surface area (Å²) >= 11 is 0. The van der Waals surface area contributed by atoms with Crippen molar-refractivity contribution < 1.29 is 16.8 Å². The Labute approximate surface area is 280 Å². The number of hydrogen-bond donors (Lipinski definition) is 0. The van der Waals surface area contributed by atoms with Crippen LogP contribution in [0, 0.1) is 0 Å². The standard InChI is InChI=1S/C44H29NO/c1-2-11-30(12-3-1)31-21-25-35(26-22-31)45(42-20-10-15-32-13-4-6-16-36(32)42)41-19-9-8-17-37(41)34-24-28-43-40(29-34)39-27-23-33-14-5-7-18-38(33)44(39)46-43/h1-29H/i1D,2D,3D,11D,12D,21D,22D,25D,26D. The smallest absolute Gasteiger partial charge is 0.143 e. The fraction of sp³-hybridized carbons (Fsp3) is 0. The van der Waals surface area contributed by atoms with Crippen LogP contribution >= 0.6 is 0 Å². The lowest BCUT2D eigenvalue weighted by Gasteiger charge is -2.29. The second-order valence-electron chi connectivity index (χ2n) is 11.1. The van der Waals surface area contributed by atoms with Gasteiger partial charge in [0.05, 0.1) is 23.7 Å². The van der Waals surface area contributed by atoms with Gasteiger partial charge in [0.25, 0.3) is 0 Å². The molecule has 0 aliphatic rings. The monoisotopic (exact) mass is 596 g/mol. The Balaban J connectivity index is 1.32. The van der Waals surface area contributed by atoms with Crippen LogP contribution < -0.4 is 4.90 Å². The first-order chi connectivity index (χ1) is 26.6. The molecule has 0 saturated heterocycles. The summed E-state index contributed by atoms with van der Waals surface area (Å²) in [4.78, 5) is 1.73. The molecule has 0 N–H and O–H groups in total. The molecule has 0 bridgehead atoms. The van der Waals surface area contributed by atoms with Gasteiger partial charge < -0.3 is 9.32 Å². The molecule has 8 aromatic carbocycles. The first-order valence-electron chi connectivity index (χ1n) is 19.5. The predicted molar refractivity (Wildman–Crippen MR) is 194 cm³/mol. The van der Waals surface area contributed by atoms with Gasteiger partial charge in [0, 0.05) is 32.8 Å². The van der Waals surface area contributed by atoms with Gasteiger partial charge >= 0.3 is 0 Å². The number of benzene rings is 8. The van der Waals surface area contributed by atoms with Gasteiger partial charge in [-0.15, -0.1) is 0 Å². The van der Waals surface area contributed by atoms with Gasteiger partial charge in [-0.05, 0) is 69.9 Å². The summed E-state index contributed by atoms with van der Waals surface area (Å²) in [7, 11) is 0. The van der Waals surface area contributed by atoms with E-state index < -0.39 is 54.4 Å². The van der Waals surface area contributed by atoms with Crippen molar-refractivity contribution in [2.24, 2.45) is 0 Å². The molecule has 46 heavy (non-hydrogen) atoms. The molecule has 2 heteroatoms. The molecule has 0 aliphatic carbocycles. The Kier molecular flexibility index (Phi) is 4.37. The zero-order valence-electron chi connectivity index (χ0n) is 33.4. The van der Waals surface area contributed by atoms with Crippen LogP contribution in [0.3, 0.4) is 0 Å². The number of anilines is 3. The average molecular weight is 597 g/mol. The molecule has 0 aliphatic heterocycles. The van der Waals surface area contributed by atoms with E-state index in [0.29, 0.717) is 11.4 Å². The molecule has 216 valence electrons. The molecule has 0 fully saturated rings. The lowest BCUT2D eigenvalue weighted by Crippen LogP contribution is -2.11. The van der Waals surface area contributed by atoms with E-state index >= 15 is 0 Å². The Hall–Kier alpha value is -6.12. The highest BCUT2D eigenvalue weighted by molar-refractivity contribution is 6.15. The van der Waals surface area contributed by atoms with E-state index in [1.165, 1.54) is 0 Å². The Morgan fingerprint density at radius 3 is 1.98 bits per heavy atom. The van der Waals surface area contributed by atoms with Crippen LogP contribution in [0.15, 0.2) is 180 Å². The molecule has 9 rings (SSSR count). The first kappa shape index (κ1) is 18.6. The van der Waals surface area contributed by atoms with Crippen molar-refractivity contribution in [3.8, 4) is 22.3 Å². The Morgan fingerprint density at radius 2 is 1.13 bits per heavy atom. The van der Waals surface area contributed by atoms with Crippen molar-refractivity contribution in [1.29, 1.82) is 0 Å². The fourth-order valence-corrected chi connectivity index (χ4v) is 6.28. The lowest BCUT2D eigenvalue weighted by atomic mass is 9.98. The molecule has 1 aromatic heterocycles. The van der Waals surface area contributed by atoms with Gasteiger partial charge in [0.15, 0.2) is 0 Å². The van der Waals surface area contributed by atoms with Gasteiger partial charge in [0.1, 0.15) is 11.2 Å². The second-order valence-corrected chi connectivity index (χ2v) is 11.1. The van der Waals surface area contributed by atoms with Gasteiger partial charge in [-0.25, -0.2) is 0 Å². The highest BCUT2D eigenvalue weighted by atomic mass is 16.3. The second kappa shape index (κ2) is 10.8. The van der Waals surface area contributed by atoms with Crippen LogP contribution in [0.2, 0.25) is 0 Å². The number of furan rings is 1. The van der Waals surface area contributed by atoms with E-state index in [1.807, 2.05) is 103 Å². The van der Waals surface area contributed by atoms with Crippen molar-refractivity contribution in [3.05, 3.63) is 176 Å². The van der Waals surface area contributed by atoms with Gasteiger partial charge in [-0.1, -0.05) is 133 Å². The van der Waals surface area contributed by atoms with E-state index in [2.05, 4.69) is 18.2 Å². The molecular formula is C44H29NO. The van der Waals surface area contributed by atoms with Crippen LogP contribution in [-0.4, -0.2) is 0 Å². The maximum absolute atomic E-state index is 9.47. The van der Waals surface area contributed by atoms with Crippen molar-refractivity contribution in [2.45, 2.75) is 0 Å².